The number of imidazole rings is 1. The Balaban J connectivity index is 0.00000240. The number of rotatable bonds is 19. The minimum Gasteiger partial charge on any atom is -0.493 e. The smallest absolute Gasteiger partial charge is 0.425 e. The number of thiazole rings is 1. The molecule has 0 fully saturated rings. The monoisotopic (exact) mass is 1320 g/mol. The first-order valence-corrected chi connectivity index (χ1v) is 33.3. The molecule has 30 nitrogen and oxygen atoms in total. The summed E-state index contributed by atoms with van der Waals surface area (Å²) in [5.41, 5.74) is 0.398. The third kappa shape index (κ3) is 15.2. The number of pyridine rings is 1. The fraction of sp³-hybridized carbons (Fsp3) is 0.205. The van der Waals surface area contributed by atoms with E-state index in [-0.39, 0.29) is 113 Å². The highest BCUT2D eigenvalue weighted by atomic mass is 35.5. The van der Waals surface area contributed by atoms with Crippen LogP contribution in [0.25, 0.3) is 37.7 Å². The number of nitriles is 1. The van der Waals surface area contributed by atoms with E-state index in [1.54, 1.807) is 19.9 Å². The van der Waals surface area contributed by atoms with Gasteiger partial charge in [-0.15, -0.1) is 50.0 Å². The molecule has 3 heterocycles. The third-order valence-electron chi connectivity index (χ3n) is 11.4. The first-order chi connectivity index (χ1) is 38.6. The zero-order chi connectivity index (χ0) is 61.3. The summed E-state index contributed by atoms with van der Waals surface area (Å²) in [7, 11) is -26.3. The number of halogens is 1. The molecule has 0 saturated carbocycles. The van der Waals surface area contributed by atoms with Gasteiger partial charge in [0.2, 0.25) is 11.0 Å². The number of aryl methyl sites for hydroxylation is 2. The average molecular weight is 1320 g/mol. The predicted molar refractivity (Wildman–Crippen MR) is 298 cm³/mol. The van der Waals surface area contributed by atoms with E-state index < -0.39 is 98.3 Å². The van der Waals surface area contributed by atoms with Crippen molar-refractivity contribution < 1.29 is 87.3 Å². The second kappa shape index (κ2) is 24.6. The van der Waals surface area contributed by atoms with Gasteiger partial charge in [0.1, 0.15) is 38.4 Å². The minimum atomic E-state index is -4.89. The van der Waals surface area contributed by atoms with Crippen LogP contribution >= 0.6 is 34.7 Å². The number of thioether (sulfide) groups is 1. The standard InChI is InChI=1S/C44H37ClN10O17S7.O3S/c1-21-14-31(51-53-38-23(3)27(20-46)42-47-28-8-9-35(78(66,67)68)37(45)40(28)55(42)43(38)56)33(72-10-4-12-75(57,58)59)18-29(21)49-52-32-15-22(2)30(19-34(32)73-11-5-13-76(60,61)62)50-54-44-48-39-36(79(69,70)71)16-24-6-7-25(77(63,64)65)17-26(24)41(39)74-44;1-4(2)3/h6-9,14-19,56H,4-5,10-13H2,1-3H3,(H,57,58,59)(H,60,61,62)(H,63,64,65)(H,66,67,68)(H,69,70,71);. The molecule has 0 aliphatic rings. The first kappa shape index (κ1) is 63.5. The van der Waals surface area contributed by atoms with Crippen LogP contribution in [0.2, 0.25) is 5.02 Å². The Morgan fingerprint density at radius 3 is 1.92 bits per heavy atom. The van der Waals surface area contributed by atoms with E-state index in [9.17, 15) is 75.2 Å². The summed E-state index contributed by atoms with van der Waals surface area (Å²) in [4.78, 5) is 7.14. The van der Waals surface area contributed by atoms with Crippen LogP contribution in [-0.4, -0.2) is 121 Å². The normalized spacial score (nSPS) is 12.8. The van der Waals surface area contributed by atoms with E-state index in [0.717, 1.165) is 51.8 Å². The van der Waals surface area contributed by atoms with E-state index in [4.69, 9.17) is 29.0 Å². The molecule has 8 rings (SSSR count). The molecule has 0 aliphatic carbocycles. The fourth-order valence-electron chi connectivity index (χ4n) is 7.70. The van der Waals surface area contributed by atoms with Gasteiger partial charge in [-0.2, -0.15) is 52.5 Å². The molecule has 0 spiro atoms. The Kier molecular flexibility index (Phi) is 18.8. The summed E-state index contributed by atoms with van der Waals surface area (Å²) >= 11 is 8.32. The minimum absolute atomic E-state index is 0.0160. The molecular weight excluding hydrogens is 1280 g/mol. The van der Waals surface area contributed by atoms with E-state index in [2.05, 4.69) is 40.7 Å². The lowest BCUT2D eigenvalue weighted by Crippen LogP contribution is -2.08. The number of ether oxygens (including phenoxy) is 1. The molecule has 39 heteroatoms. The number of hydrogen-bond donors (Lipinski definition) is 6. The number of hydrogen-bond acceptors (Lipinski definition) is 26. The van der Waals surface area contributed by atoms with Gasteiger partial charge >= 0.3 is 10.6 Å². The number of benzene rings is 5. The largest absolute Gasteiger partial charge is 0.493 e. The fourth-order valence-corrected chi connectivity index (χ4v) is 13.1. The van der Waals surface area contributed by atoms with E-state index >= 15 is 0 Å². The van der Waals surface area contributed by atoms with Crippen molar-refractivity contribution in [3.05, 3.63) is 87.9 Å². The van der Waals surface area contributed by atoms with Crippen LogP contribution in [0, 0.1) is 32.1 Å². The molecule has 0 bridgehead atoms. The van der Waals surface area contributed by atoms with Gasteiger partial charge in [0, 0.05) is 21.9 Å². The lowest BCUT2D eigenvalue weighted by Gasteiger charge is -2.12. The van der Waals surface area contributed by atoms with Crippen molar-refractivity contribution in [2.75, 3.05) is 23.9 Å². The molecule has 0 aliphatic heterocycles. The topological polar surface area (TPSA) is 481 Å². The Labute approximate surface area is 484 Å². The molecular formula is C44H37ClN10O20S8. The van der Waals surface area contributed by atoms with Gasteiger partial charge in [0.05, 0.1) is 60.8 Å². The quantitative estimate of drug-likeness (QED) is 0.0190. The molecule has 8 aromatic rings. The molecule has 438 valence electrons. The Hall–Kier alpha value is -7.10. The van der Waals surface area contributed by atoms with Crippen LogP contribution in [0.5, 0.6) is 11.6 Å². The lowest BCUT2D eigenvalue weighted by atomic mass is 10.1. The summed E-state index contributed by atoms with van der Waals surface area (Å²) in [6.07, 6.45) is -0.222. The molecule has 6 N–H and O–H groups in total. The highest BCUT2D eigenvalue weighted by Crippen LogP contribution is 2.45. The molecule has 0 unspecified atom stereocenters. The van der Waals surface area contributed by atoms with Gasteiger partial charge in [0.25, 0.3) is 50.6 Å². The van der Waals surface area contributed by atoms with Crippen LogP contribution in [0.1, 0.15) is 35.1 Å². The maximum absolute atomic E-state index is 12.5. The summed E-state index contributed by atoms with van der Waals surface area (Å²) in [5, 5.41) is 47.5. The Morgan fingerprint density at radius 2 is 1.30 bits per heavy atom. The predicted octanol–water partition coefficient (Wildman–Crippen LogP) is 9.42. The van der Waals surface area contributed by atoms with Crippen LogP contribution in [0.3, 0.4) is 0 Å². The maximum Gasteiger partial charge on any atom is 0.425 e. The van der Waals surface area contributed by atoms with E-state index in [0.29, 0.717) is 16.0 Å². The van der Waals surface area contributed by atoms with Crippen LogP contribution < -0.4 is 4.74 Å². The van der Waals surface area contributed by atoms with Gasteiger partial charge in [-0.3, -0.25) is 27.2 Å². The second-order valence-electron chi connectivity index (χ2n) is 17.2. The molecule has 3 aromatic heterocycles. The van der Waals surface area contributed by atoms with Crippen LogP contribution in [0.15, 0.2) is 111 Å². The number of aromatic nitrogens is 3. The van der Waals surface area contributed by atoms with Crippen molar-refractivity contribution in [1.29, 1.82) is 5.26 Å². The van der Waals surface area contributed by atoms with Gasteiger partial charge < -0.3 is 9.84 Å². The maximum atomic E-state index is 12.5. The number of aromatic hydroxyl groups is 1. The van der Waals surface area contributed by atoms with Crippen LogP contribution in [0.4, 0.5) is 33.6 Å². The van der Waals surface area contributed by atoms with Crippen molar-refractivity contribution in [2.24, 2.45) is 30.7 Å². The molecule has 0 amide bonds. The summed E-state index contributed by atoms with van der Waals surface area (Å²) in [5.74, 6) is -1.92. The Bertz CT molecular complexity index is 4870. The summed E-state index contributed by atoms with van der Waals surface area (Å²) < 4.78 is 200. The van der Waals surface area contributed by atoms with E-state index in [1.807, 2.05) is 6.07 Å². The highest BCUT2D eigenvalue weighted by Gasteiger charge is 2.27. The molecule has 5 aromatic carbocycles. The van der Waals surface area contributed by atoms with Crippen LogP contribution in [-0.2, 0) is 61.2 Å². The van der Waals surface area contributed by atoms with Crippen molar-refractivity contribution in [2.45, 2.75) is 53.2 Å². The summed E-state index contributed by atoms with van der Waals surface area (Å²) in [6, 6.07) is 14.5. The van der Waals surface area contributed by atoms with Gasteiger partial charge in [-0.05, 0) is 104 Å². The third-order valence-corrected chi connectivity index (χ3v) is 18.2. The zero-order valence-corrected chi connectivity index (χ0v) is 49.3. The van der Waals surface area contributed by atoms with Crippen molar-refractivity contribution in [3.8, 4) is 17.7 Å². The van der Waals surface area contributed by atoms with Crippen molar-refractivity contribution in [1.82, 2.24) is 14.4 Å². The zero-order valence-electron chi connectivity index (χ0n) is 42.0. The highest BCUT2D eigenvalue weighted by molar-refractivity contribution is 7.99. The van der Waals surface area contributed by atoms with Crippen molar-refractivity contribution >= 4 is 167 Å². The van der Waals surface area contributed by atoms with Gasteiger partial charge in [-0.1, -0.05) is 29.0 Å². The van der Waals surface area contributed by atoms with Gasteiger partial charge in [0.15, 0.2) is 11.3 Å². The number of fused-ring (bicyclic) bond motifs is 6. The number of nitrogens with zero attached hydrogens (tertiary/aromatic N) is 10. The Morgan fingerprint density at radius 1 is 0.711 bits per heavy atom. The number of azo groups is 3. The molecule has 0 radical (unpaired) electrons. The second-order valence-corrected chi connectivity index (χ2v) is 27.4. The SMILES string of the molecule is Cc1cc(N=Nc2cc(OCCCS(=O)(=O)O)c(N=Nc3c(C)c(C#N)c4nc5ccc(S(=O)(=O)O)c(Cl)c5n4c3O)cc2C)c(SCCCS(=O)(=O)O)cc1N=Nc1nc2c(S(=O)(=O)O)cc3ccc(S(=O)(=O)O)cc3c2s1.O=S(=O)=O. The first-order valence-electron chi connectivity index (χ1n) is 22.6. The van der Waals surface area contributed by atoms with Crippen molar-refractivity contribution in [3.63, 3.8) is 0 Å². The molecule has 83 heavy (non-hydrogen) atoms. The molecule has 0 saturated heterocycles. The van der Waals surface area contributed by atoms with E-state index in [1.165, 1.54) is 37.3 Å². The van der Waals surface area contributed by atoms with Gasteiger partial charge in [-0.25, -0.2) is 9.97 Å². The summed E-state index contributed by atoms with van der Waals surface area (Å²) in [6.45, 7) is 4.34. The average Bonchev–Trinajstić information content (AvgIpc) is 4.04. The molecule has 0 atom stereocenters. The lowest BCUT2D eigenvalue weighted by molar-refractivity contribution is 0.317.